The molecule has 0 amide bonds. The van der Waals surface area contributed by atoms with Crippen molar-refractivity contribution in [2.75, 3.05) is 26.7 Å². The number of nitrogens with one attached hydrogen (secondary N) is 1. The van der Waals surface area contributed by atoms with E-state index in [1.54, 1.807) is 19.2 Å². The molecule has 1 aromatic carbocycles. The van der Waals surface area contributed by atoms with Gasteiger partial charge in [0.2, 0.25) is 0 Å². The molecule has 0 atom stereocenters. The van der Waals surface area contributed by atoms with Gasteiger partial charge in [-0.05, 0) is 43.1 Å². The van der Waals surface area contributed by atoms with E-state index in [4.69, 9.17) is 0 Å². The quantitative estimate of drug-likeness (QED) is 0.623. The van der Waals surface area contributed by atoms with E-state index >= 15 is 0 Å². The third-order valence-electron chi connectivity index (χ3n) is 4.61. The summed E-state index contributed by atoms with van der Waals surface area (Å²) in [6, 6.07) is 8.44. The van der Waals surface area contributed by atoms with Crippen LogP contribution < -0.4 is 5.32 Å². The van der Waals surface area contributed by atoms with Crippen LogP contribution in [0.25, 0.3) is 17.0 Å². The third-order valence-corrected chi connectivity index (χ3v) is 4.61. The second-order valence-electron chi connectivity index (χ2n) is 6.78. The zero-order chi connectivity index (χ0) is 20.7. The number of halogens is 3. The highest BCUT2D eigenvalue weighted by Crippen LogP contribution is 2.32. The molecule has 0 aliphatic carbocycles. The van der Waals surface area contributed by atoms with Crippen LogP contribution in [0.5, 0.6) is 0 Å². The molecule has 0 aliphatic rings. The van der Waals surface area contributed by atoms with Crippen molar-refractivity contribution in [2.24, 2.45) is 0 Å². The van der Waals surface area contributed by atoms with Crippen LogP contribution in [-0.4, -0.2) is 41.4 Å². The van der Waals surface area contributed by atoms with Crippen molar-refractivity contribution in [1.82, 2.24) is 20.0 Å². The molecule has 1 aromatic heterocycles. The Morgan fingerprint density at radius 3 is 2.21 bits per heavy atom. The highest BCUT2D eigenvalue weighted by molar-refractivity contribution is 5.67. The predicted octanol–water partition coefficient (Wildman–Crippen LogP) is 4.88. The number of alkyl halides is 3. The molecule has 0 spiro atoms. The van der Waals surface area contributed by atoms with Gasteiger partial charge in [-0.15, -0.1) is 0 Å². The van der Waals surface area contributed by atoms with E-state index < -0.39 is 11.9 Å². The molecule has 0 aliphatic heterocycles. The second-order valence-corrected chi connectivity index (χ2v) is 6.78. The van der Waals surface area contributed by atoms with Crippen molar-refractivity contribution in [3.05, 3.63) is 48.2 Å². The summed E-state index contributed by atoms with van der Waals surface area (Å²) in [7, 11) is 1.78. The van der Waals surface area contributed by atoms with Gasteiger partial charge >= 0.3 is 6.18 Å². The van der Waals surface area contributed by atoms with Crippen molar-refractivity contribution in [3.8, 4) is 11.3 Å². The normalized spacial score (nSPS) is 11.8. The summed E-state index contributed by atoms with van der Waals surface area (Å²) in [5, 5.41) is 6.83. The predicted molar refractivity (Wildman–Crippen MR) is 108 cm³/mol. The van der Waals surface area contributed by atoms with E-state index in [1.807, 2.05) is 12.1 Å². The third kappa shape index (κ3) is 5.61. The van der Waals surface area contributed by atoms with Gasteiger partial charge in [-0.25, -0.2) is 0 Å². The summed E-state index contributed by atoms with van der Waals surface area (Å²) in [6.45, 7) is 11.0. The number of rotatable bonds is 10. The summed E-state index contributed by atoms with van der Waals surface area (Å²) in [5.41, 5.74) is 1.97. The lowest BCUT2D eigenvalue weighted by Crippen LogP contribution is -2.29. The Balaban J connectivity index is 2.31. The van der Waals surface area contributed by atoms with Gasteiger partial charge in [0, 0.05) is 19.3 Å². The van der Waals surface area contributed by atoms with Crippen LogP contribution >= 0.6 is 0 Å². The standard InChI is InChI=1S/C21H29F3N4/c1-5-11-27(12-6-2)13-14-28-19(15-20(26-28)21(22,23)24)18-9-7-17(8-10-18)16(3)25-4/h7-10,15,25H,3,5-6,11-14H2,1-2,4H3. The van der Waals surface area contributed by atoms with Gasteiger partial charge in [-0.3, -0.25) is 4.68 Å². The fourth-order valence-corrected chi connectivity index (χ4v) is 3.15. The average Bonchev–Trinajstić information content (AvgIpc) is 3.10. The zero-order valence-electron chi connectivity index (χ0n) is 16.8. The SMILES string of the molecule is C=C(NC)c1ccc(-c2cc(C(F)(F)F)nn2CCN(CCC)CCC)cc1. The first-order chi connectivity index (χ1) is 13.3. The Labute approximate surface area is 165 Å². The Morgan fingerprint density at radius 2 is 1.71 bits per heavy atom. The highest BCUT2D eigenvalue weighted by atomic mass is 19.4. The molecule has 0 bridgehead atoms. The first kappa shape index (κ1) is 22.0. The van der Waals surface area contributed by atoms with E-state index in [0.29, 0.717) is 24.3 Å². The van der Waals surface area contributed by atoms with Gasteiger partial charge in [0.05, 0.1) is 12.2 Å². The number of nitrogens with zero attached hydrogens (tertiary/aromatic N) is 3. The number of hydrogen-bond acceptors (Lipinski definition) is 3. The maximum absolute atomic E-state index is 13.2. The van der Waals surface area contributed by atoms with Gasteiger partial charge in [-0.1, -0.05) is 44.7 Å². The molecule has 0 saturated heterocycles. The van der Waals surface area contributed by atoms with Crippen LogP contribution in [0, 0.1) is 0 Å². The molecule has 154 valence electrons. The number of benzene rings is 1. The van der Waals surface area contributed by atoms with Crippen LogP contribution in [0.3, 0.4) is 0 Å². The zero-order valence-corrected chi connectivity index (χ0v) is 16.8. The molecular weight excluding hydrogens is 365 g/mol. The smallest absolute Gasteiger partial charge is 0.388 e. The van der Waals surface area contributed by atoms with E-state index in [9.17, 15) is 13.2 Å². The molecule has 0 fully saturated rings. The Kier molecular flexibility index (Phi) is 7.69. The minimum absolute atomic E-state index is 0.413. The lowest BCUT2D eigenvalue weighted by Gasteiger charge is -2.21. The van der Waals surface area contributed by atoms with Gasteiger partial charge < -0.3 is 10.2 Å². The van der Waals surface area contributed by atoms with Gasteiger partial charge in [0.1, 0.15) is 0 Å². The monoisotopic (exact) mass is 394 g/mol. The lowest BCUT2D eigenvalue weighted by molar-refractivity contribution is -0.141. The largest absolute Gasteiger partial charge is 0.435 e. The number of hydrogen-bond donors (Lipinski definition) is 1. The van der Waals surface area contributed by atoms with Crippen LogP contribution in [0.4, 0.5) is 13.2 Å². The second kappa shape index (κ2) is 9.78. The fourth-order valence-electron chi connectivity index (χ4n) is 3.15. The maximum Gasteiger partial charge on any atom is 0.435 e. The van der Waals surface area contributed by atoms with E-state index in [2.05, 4.69) is 35.7 Å². The first-order valence-electron chi connectivity index (χ1n) is 9.65. The Bertz CT molecular complexity index is 757. The van der Waals surface area contributed by atoms with Crippen molar-refractivity contribution in [3.63, 3.8) is 0 Å². The molecule has 0 unspecified atom stereocenters. The van der Waals surface area contributed by atoms with Crippen molar-refractivity contribution in [1.29, 1.82) is 0 Å². The summed E-state index contributed by atoms with van der Waals surface area (Å²) in [5.74, 6) is 0. The number of aromatic nitrogens is 2. The van der Waals surface area contributed by atoms with Gasteiger partial charge in [-0.2, -0.15) is 18.3 Å². The highest BCUT2D eigenvalue weighted by Gasteiger charge is 2.35. The maximum atomic E-state index is 13.2. The topological polar surface area (TPSA) is 33.1 Å². The molecule has 1 N–H and O–H groups in total. The minimum Gasteiger partial charge on any atom is -0.388 e. The summed E-state index contributed by atoms with van der Waals surface area (Å²) in [6.07, 6.45) is -2.44. The van der Waals surface area contributed by atoms with Gasteiger partial charge in [0.15, 0.2) is 5.69 Å². The summed E-state index contributed by atoms with van der Waals surface area (Å²) >= 11 is 0. The van der Waals surface area contributed by atoms with Gasteiger partial charge in [0.25, 0.3) is 0 Å². The van der Waals surface area contributed by atoms with Crippen LogP contribution in [0.15, 0.2) is 36.9 Å². The lowest BCUT2D eigenvalue weighted by atomic mass is 10.1. The van der Waals surface area contributed by atoms with E-state index in [0.717, 1.165) is 43.3 Å². The molecule has 0 saturated carbocycles. The first-order valence-corrected chi connectivity index (χ1v) is 9.65. The molecule has 2 rings (SSSR count). The van der Waals surface area contributed by atoms with Crippen LogP contribution in [0.1, 0.15) is 37.9 Å². The van der Waals surface area contributed by atoms with Crippen molar-refractivity contribution < 1.29 is 13.2 Å². The van der Waals surface area contributed by atoms with Crippen LogP contribution in [0.2, 0.25) is 0 Å². The molecule has 1 heterocycles. The molecule has 28 heavy (non-hydrogen) atoms. The fraction of sp³-hybridized carbons (Fsp3) is 0.476. The Morgan fingerprint density at radius 1 is 1.11 bits per heavy atom. The molecule has 4 nitrogen and oxygen atoms in total. The molecule has 2 aromatic rings. The summed E-state index contributed by atoms with van der Waals surface area (Å²) < 4.78 is 41.2. The average molecular weight is 394 g/mol. The molecular formula is C21H29F3N4. The van der Waals surface area contributed by atoms with Crippen molar-refractivity contribution in [2.45, 2.75) is 39.4 Å². The molecule has 0 radical (unpaired) electrons. The van der Waals surface area contributed by atoms with Crippen LogP contribution in [-0.2, 0) is 12.7 Å². The van der Waals surface area contributed by atoms with E-state index in [-0.39, 0.29) is 0 Å². The molecule has 7 heteroatoms. The minimum atomic E-state index is -4.47. The van der Waals surface area contributed by atoms with E-state index in [1.165, 1.54) is 4.68 Å². The van der Waals surface area contributed by atoms with Crippen molar-refractivity contribution >= 4 is 5.70 Å². The Hall–Kier alpha value is -2.28. The summed E-state index contributed by atoms with van der Waals surface area (Å²) in [4.78, 5) is 2.26.